The second-order valence-corrected chi connectivity index (χ2v) is 7.65. The first-order valence-corrected chi connectivity index (χ1v) is 9.18. The lowest BCUT2D eigenvalue weighted by Crippen LogP contribution is -2.17. The van der Waals surface area contributed by atoms with Gasteiger partial charge in [-0.25, -0.2) is 4.39 Å². The van der Waals surface area contributed by atoms with Gasteiger partial charge in [0.2, 0.25) is 0 Å². The maximum atomic E-state index is 13.7. The molecule has 1 heterocycles. The first-order valence-electron chi connectivity index (χ1n) is 9.18. The summed E-state index contributed by atoms with van der Waals surface area (Å²) in [7, 11) is 0. The number of carbonyl (C=O) groups excluding carboxylic acids is 2. The van der Waals surface area contributed by atoms with Gasteiger partial charge in [-0.15, -0.1) is 0 Å². The number of carbonyl (C=O) groups is 2. The molecule has 0 atom stereocenters. The van der Waals surface area contributed by atoms with Crippen LogP contribution in [0, 0.1) is 5.82 Å². The van der Waals surface area contributed by atoms with E-state index in [-0.39, 0.29) is 22.4 Å². The van der Waals surface area contributed by atoms with Gasteiger partial charge in [0.1, 0.15) is 11.5 Å². The molecule has 6 heteroatoms. The van der Waals surface area contributed by atoms with Gasteiger partial charge in [0.15, 0.2) is 0 Å². The maximum Gasteiger partial charge on any atom is 0.274 e. The fourth-order valence-electron chi connectivity index (χ4n) is 2.70. The smallest absolute Gasteiger partial charge is 0.274 e. The molecule has 3 rings (SSSR count). The fraction of sp³-hybridized carbons (Fsp3) is 0.174. The molecule has 2 amide bonds. The Morgan fingerprint density at radius 3 is 2.24 bits per heavy atom. The molecular weight excluding hydrogens is 369 g/mol. The molecule has 2 N–H and O–H groups in total. The van der Waals surface area contributed by atoms with Gasteiger partial charge >= 0.3 is 0 Å². The van der Waals surface area contributed by atoms with Gasteiger partial charge in [-0.1, -0.05) is 45.0 Å². The topological polar surface area (TPSA) is 71.1 Å². The van der Waals surface area contributed by atoms with Crippen molar-refractivity contribution < 1.29 is 14.0 Å². The second-order valence-electron chi connectivity index (χ2n) is 7.65. The zero-order valence-corrected chi connectivity index (χ0v) is 16.5. The number of rotatable bonds is 4. The average molecular weight is 391 g/mol. The minimum atomic E-state index is -0.536. The summed E-state index contributed by atoms with van der Waals surface area (Å²) in [6.07, 6.45) is 1.37. The molecule has 5 nitrogen and oxygen atoms in total. The van der Waals surface area contributed by atoms with Crippen molar-refractivity contribution in [2.45, 2.75) is 26.2 Å². The summed E-state index contributed by atoms with van der Waals surface area (Å²) in [5, 5.41) is 5.26. The highest BCUT2D eigenvalue weighted by Gasteiger charge is 2.15. The number of hydrogen-bond acceptors (Lipinski definition) is 3. The van der Waals surface area contributed by atoms with Gasteiger partial charge < -0.3 is 10.6 Å². The monoisotopic (exact) mass is 391 g/mol. The lowest BCUT2D eigenvalue weighted by Gasteiger charge is -2.19. The molecule has 1 aromatic heterocycles. The number of hydrogen-bond donors (Lipinski definition) is 2. The fourth-order valence-corrected chi connectivity index (χ4v) is 2.70. The summed E-state index contributed by atoms with van der Waals surface area (Å²) in [5.74, 6) is -1.50. The van der Waals surface area contributed by atoms with Crippen LogP contribution < -0.4 is 10.6 Å². The van der Waals surface area contributed by atoms with Crippen molar-refractivity contribution in [2.75, 3.05) is 10.6 Å². The molecule has 0 unspecified atom stereocenters. The lowest BCUT2D eigenvalue weighted by molar-refractivity contribution is 0.102. The van der Waals surface area contributed by atoms with Crippen LogP contribution in [0.1, 0.15) is 47.2 Å². The predicted molar refractivity (Wildman–Crippen MR) is 112 cm³/mol. The van der Waals surface area contributed by atoms with Crippen molar-refractivity contribution in [3.8, 4) is 0 Å². The first kappa shape index (κ1) is 20.2. The molecule has 148 valence electrons. The number of nitrogens with one attached hydrogen (secondary N) is 2. The maximum absolute atomic E-state index is 13.7. The van der Waals surface area contributed by atoms with Crippen LogP contribution in [-0.2, 0) is 5.41 Å². The number of amides is 2. The van der Waals surface area contributed by atoms with Crippen molar-refractivity contribution >= 4 is 23.2 Å². The number of anilines is 2. The Labute approximate surface area is 169 Å². The summed E-state index contributed by atoms with van der Waals surface area (Å²) in [6.45, 7) is 6.34. The van der Waals surface area contributed by atoms with Gasteiger partial charge in [-0.3, -0.25) is 14.6 Å². The third-order valence-electron chi connectivity index (χ3n) is 4.39. The van der Waals surface area contributed by atoms with Crippen molar-refractivity contribution in [3.63, 3.8) is 0 Å². The summed E-state index contributed by atoms with van der Waals surface area (Å²) in [5.41, 5.74) is 2.16. The minimum Gasteiger partial charge on any atom is -0.321 e. The zero-order valence-electron chi connectivity index (χ0n) is 16.5. The molecule has 3 aromatic rings. The number of nitrogens with zero attached hydrogens (tertiary/aromatic N) is 1. The van der Waals surface area contributed by atoms with E-state index >= 15 is 0 Å². The minimum absolute atomic E-state index is 0.0179. The zero-order chi connectivity index (χ0) is 21.0. The molecule has 0 saturated heterocycles. The summed E-state index contributed by atoms with van der Waals surface area (Å²) in [4.78, 5) is 28.9. The van der Waals surface area contributed by atoms with E-state index < -0.39 is 17.6 Å². The van der Waals surface area contributed by atoms with Gasteiger partial charge in [0.25, 0.3) is 11.8 Å². The third-order valence-corrected chi connectivity index (χ3v) is 4.39. The van der Waals surface area contributed by atoms with Crippen LogP contribution >= 0.6 is 0 Å². The van der Waals surface area contributed by atoms with Gasteiger partial charge in [0.05, 0.1) is 5.69 Å². The van der Waals surface area contributed by atoms with E-state index in [9.17, 15) is 14.0 Å². The molecule has 0 saturated carbocycles. The predicted octanol–water partition coefficient (Wildman–Crippen LogP) is 5.02. The molecule has 2 aromatic carbocycles. The molecule has 0 spiro atoms. The summed E-state index contributed by atoms with van der Waals surface area (Å²) < 4.78 is 13.7. The van der Waals surface area contributed by atoms with E-state index in [0.29, 0.717) is 5.69 Å². The largest absolute Gasteiger partial charge is 0.321 e. The second kappa shape index (κ2) is 8.22. The Balaban J connectivity index is 1.72. The van der Waals surface area contributed by atoms with E-state index in [2.05, 4.69) is 36.4 Å². The molecule has 0 radical (unpaired) electrons. The van der Waals surface area contributed by atoms with Gasteiger partial charge in [0, 0.05) is 17.4 Å². The quantitative estimate of drug-likeness (QED) is 0.656. The summed E-state index contributed by atoms with van der Waals surface area (Å²) >= 11 is 0. The first-order chi connectivity index (χ1) is 13.7. The van der Waals surface area contributed by atoms with Crippen molar-refractivity contribution in [3.05, 3.63) is 89.5 Å². The number of pyridine rings is 1. The van der Waals surface area contributed by atoms with Crippen LogP contribution in [0.15, 0.2) is 66.9 Å². The van der Waals surface area contributed by atoms with Crippen molar-refractivity contribution in [2.24, 2.45) is 0 Å². The van der Waals surface area contributed by atoms with Gasteiger partial charge in [-0.2, -0.15) is 0 Å². The van der Waals surface area contributed by atoms with Gasteiger partial charge in [-0.05, 0) is 47.4 Å². The average Bonchev–Trinajstić information content (AvgIpc) is 2.69. The Morgan fingerprint density at radius 2 is 1.59 bits per heavy atom. The van der Waals surface area contributed by atoms with Crippen LogP contribution in [0.25, 0.3) is 0 Å². The van der Waals surface area contributed by atoms with Crippen molar-refractivity contribution in [1.29, 1.82) is 0 Å². The van der Waals surface area contributed by atoms with E-state index in [4.69, 9.17) is 0 Å². The SMILES string of the molecule is CC(C)(C)c1ccc(NC(=O)c2cc(C(=O)Nc3ccccc3F)ccn2)cc1. The third kappa shape index (κ3) is 5.04. The highest BCUT2D eigenvalue weighted by molar-refractivity contribution is 6.07. The van der Waals surface area contributed by atoms with Crippen LogP contribution in [-0.4, -0.2) is 16.8 Å². The van der Waals surface area contributed by atoms with Crippen LogP contribution in [0.3, 0.4) is 0 Å². The summed E-state index contributed by atoms with van der Waals surface area (Å²) in [6, 6.07) is 16.3. The molecule has 0 aliphatic heterocycles. The number of halogens is 1. The lowest BCUT2D eigenvalue weighted by atomic mass is 9.87. The molecule has 0 fully saturated rings. The molecule has 29 heavy (non-hydrogen) atoms. The number of para-hydroxylation sites is 1. The van der Waals surface area contributed by atoms with Crippen LogP contribution in [0.5, 0.6) is 0 Å². The van der Waals surface area contributed by atoms with E-state index in [1.54, 1.807) is 6.07 Å². The highest BCUT2D eigenvalue weighted by atomic mass is 19.1. The normalized spacial score (nSPS) is 11.0. The highest BCUT2D eigenvalue weighted by Crippen LogP contribution is 2.23. The van der Waals surface area contributed by atoms with E-state index in [1.807, 2.05) is 24.3 Å². The molecular formula is C23H22FN3O2. The van der Waals surface area contributed by atoms with Crippen LogP contribution in [0.2, 0.25) is 0 Å². The molecule has 0 aliphatic rings. The molecule has 0 aliphatic carbocycles. The standard InChI is InChI=1S/C23H22FN3O2/c1-23(2,3)16-8-10-17(11-9-16)26-22(29)20-14-15(12-13-25-20)21(28)27-19-7-5-4-6-18(19)24/h4-14H,1-3H3,(H,26,29)(H,27,28). The van der Waals surface area contributed by atoms with Crippen molar-refractivity contribution in [1.82, 2.24) is 4.98 Å². The van der Waals surface area contributed by atoms with E-state index in [1.165, 1.54) is 36.5 Å². The number of benzene rings is 2. The van der Waals surface area contributed by atoms with Crippen LogP contribution in [0.4, 0.5) is 15.8 Å². The molecule has 0 bridgehead atoms. The number of aromatic nitrogens is 1. The Hall–Kier alpha value is -3.54. The van der Waals surface area contributed by atoms with E-state index in [0.717, 1.165) is 5.56 Å². The Morgan fingerprint density at radius 1 is 0.897 bits per heavy atom. The Bertz CT molecular complexity index is 1040. The Kier molecular flexibility index (Phi) is 5.73.